The first kappa shape index (κ1) is 14.6. The van der Waals surface area contributed by atoms with Crippen molar-refractivity contribution < 1.29 is 9.90 Å². The molecule has 0 aliphatic rings. The number of rotatable bonds is 5. The van der Waals surface area contributed by atoms with E-state index in [2.05, 4.69) is 21.2 Å². The fraction of sp³-hybridized carbons (Fsp3) is 0.545. The average molecular weight is 321 g/mol. The number of aromatic nitrogens is 1. The fourth-order valence-electron chi connectivity index (χ4n) is 1.56. The maximum absolute atomic E-state index is 12.0. The Kier molecular flexibility index (Phi) is 5.55. The number of nitrogens with one attached hydrogen (secondary N) is 1. The lowest BCUT2D eigenvalue weighted by atomic mass is 10.2. The largest absolute Gasteiger partial charge is 0.395 e. The number of thioether (sulfide) groups is 1. The number of amides is 1. The minimum Gasteiger partial charge on any atom is -0.395 e. The molecular formula is C11H17BrN2O2S. The van der Waals surface area contributed by atoms with Gasteiger partial charge in [0.25, 0.3) is 5.91 Å². The first-order chi connectivity index (χ1) is 7.99. The summed E-state index contributed by atoms with van der Waals surface area (Å²) in [5.41, 5.74) is 0.599. The van der Waals surface area contributed by atoms with Crippen LogP contribution in [0.4, 0.5) is 0 Å². The van der Waals surface area contributed by atoms with E-state index in [0.29, 0.717) is 5.69 Å². The Bertz CT molecular complexity index is 391. The van der Waals surface area contributed by atoms with Crippen LogP contribution < -0.4 is 5.32 Å². The second-order valence-corrected chi connectivity index (χ2v) is 5.87. The minimum absolute atomic E-state index is 0.0164. The van der Waals surface area contributed by atoms with E-state index in [-0.39, 0.29) is 23.8 Å². The van der Waals surface area contributed by atoms with Crippen LogP contribution in [0.3, 0.4) is 0 Å². The normalized spacial score (nSPS) is 14.4. The summed E-state index contributed by atoms with van der Waals surface area (Å²) in [6.45, 7) is 1.95. The van der Waals surface area contributed by atoms with Gasteiger partial charge in [0.1, 0.15) is 5.69 Å². The molecule has 0 radical (unpaired) electrons. The van der Waals surface area contributed by atoms with Crippen molar-refractivity contribution in [2.45, 2.75) is 18.2 Å². The van der Waals surface area contributed by atoms with E-state index in [4.69, 9.17) is 5.11 Å². The third-order valence-corrected chi connectivity index (χ3v) is 4.20. The maximum Gasteiger partial charge on any atom is 0.268 e. The van der Waals surface area contributed by atoms with Crippen molar-refractivity contribution in [1.82, 2.24) is 9.88 Å². The number of aliphatic hydroxyl groups excluding tert-OH is 1. The third kappa shape index (κ3) is 3.76. The zero-order valence-electron chi connectivity index (χ0n) is 10.1. The van der Waals surface area contributed by atoms with Crippen LogP contribution in [0.15, 0.2) is 16.7 Å². The minimum atomic E-state index is -0.127. The van der Waals surface area contributed by atoms with E-state index < -0.39 is 0 Å². The summed E-state index contributed by atoms with van der Waals surface area (Å²) in [5, 5.41) is 12.1. The van der Waals surface area contributed by atoms with Gasteiger partial charge in [-0.15, -0.1) is 0 Å². The first-order valence-electron chi connectivity index (χ1n) is 5.26. The lowest BCUT2D eigenvalue weighted by molar-refractivity contribution is 0.0927. The predicted molar refractivity (Wildman–Crippen MR) is 74.4 cm³/mol. The van der Waals surface area contributed by atoms with Gasteiger partial charge in [-0.05, 0) is 35.2 Å². The van der Waals surface area contributed by atoms with Crippen molar-refractivity contribution in [3.05, 3.63) is 22.4 Å². The Morgan fingerprint density at radius 2 is 2.35 bits per heavy atom. The van der Waals surface area contributed by atoms with Crippen LogP contribution in [0, 0.1) is 0 Å². The standard InChI is InChI=1S/C11H17BrN2O2S/c1-7(10(6-15)17-3)13-11(16)9-4-8(12)5-14(9)2/h4-5,7,10,15H,6H2,1-3H3,(H,13,16). The highest BCUT2D eigenvalue weighted by molar-refractivity contribution is 9.10. The van der Waals surface area contributed by atoms with Crippen molar-refractivity contribution >= 4 is 33.6 Å². The molecule has 4 nitrogen and oxygen atoms in total. The number of halogens is 1. The van der Waals surface area contributed by atoms with Crippen molar-refractivity contribution in [3.8, 4) is 0 Å². The van der Waals surface area contributed by atoms with Gasteiger partial charge in [-0.2, -0.15) is 11.8 Å². The predicted octanol–water partition coefficient (Wildman–Crippen LogP) is 1.63. The second kappa shape index (κ2) is 6.47. The van der Waals surface area contributed by atoms with Crippen molar-refractivity contribution in [1.29, 1.82) is 0 Å². The van der Waals surface area contributed by atoms with E-state index in [1.165, 1.54) is 0 Å². The lowest BCUT2D eigenvalue weighted by Crippen LogP contribution is -2.41. The Hall–Kier alpha value is -0.460. The second-order valence-electron chi connectivity index (χ2n) is 3.87. The summed E-state index contributed by atoms with van der Waals surface area (Å²) < 4.78 is 2.64. The van der Waals surface area contributed by atoms with E-state index >= 15 is 0 Å². The van der Waals surface area contributed by atoms with E-state index in [1.807, 2.05) is 26.4 Å². The highest BCUT2D eigenvalue weighted by Gasteiger charge is 2.19. The number of nitrogens with zero attached hydrogens (tertiary/aromatic N) is 1. The quantitative estimate of drug-likeness (QED) is 0.867. The van der Waals surface area contributed by atoms with Crippen LogP contribution in [-0.2, 0) is 7.05 Å². The SMILES string of the molecule is CSC(CO)C(C)NC(=O)c1cc(Br)cn1C. The van der Waals surface area contributed by atoms with E-state index in [9.17, 15) is 4.79 Å². The maximum atomic E-state index is 12.0. The molecule has 1 aromatic rings. The van der Waals surface area contributed by atoms with Gasteiger partial charge >= 0.3 is 0 Å². The van der Waals surface area contributed by atoms with Crippen LogP contribution in [0.2, 0.25) is 0 Å². The zero-order chi connectivity index (χ0) is 13.0. The summed E-state index contributed by atoms with van der Waals surface area (Å²) in [7, 11) is 1.82. The van der Waals surface area contributed by atoms with Crippen molar-refractivity contribution in [2.24, 2.45) is 7.05 Å². The molecule has 0 aliphatic heterocycles. The summed E-state index contributed by atoms with van der Waals surface area (Å²) >= 11 is 4.87. The molecule has 0 fully saturated rings. The number of aryl methyl sites for hydroxylation is 1. The van der Waals surface area contributed by atoms with Gasteiger partial charge in [0.15, 0.2) is 0 Å². The van der Waals surface area contributed by atoms with Gasteiger partial charge in [0, 0.05) is 29.0 Å². The molecule has 6 heteroatoms. The summed E-state index contributed by atoms with van der Waals surface area (Å²) in [6, 6.07) is 1.70. The highest BCUT2D eigenvalue weighted by atomic mass is 79.9. The van der Waals surface area contributed by atoms with Crippen LogP contribution in [-0.4, -0.2) is 39.7 Å². The molecule has 17 heavy (non-hydrogen) atoms. The molecule has 0 saturated heterocycles. The number of aliphatic hydroxyl groups is 1. The number of carbonyl (C=O) groups excluding carboxylic acids is 1. The van der Waals surface area contributed by atoms with Gasteiger partial charge in [0.2, 0.25) is 0 Å². The summed E-state index contributed by atoms with van der Waals surface area (Å²) in [5.74, 6) is -0.127. The molecule has 0 bridgehead atoms. The van der Waals surface area contributed by atoms with Gasteiger partial charge in [-0.25, -0.2) is 0 Å². The topological polar surface area (TPSA) is 54.3 Å². The van der Waals surface area contributed by atoms with Crippen LogP contribution in [0.5, 0.6) is 0 Å². The molecule has 0 aromatic carbocycles. The molecule has 2 unspecified atom stereocenters. The zero-order valence-corrected chi connectivity index (χ0v) is 12.5. The molecule has 1 heterocycles. The smallest absolute Gasteiger partial charge is 0.268 e. The first-order valence-corrected chi connectivity index (χ1v) is 7.34. The van der Waals surface area contributed by atoms with E-state index in [0.717, 1.165) is 4.47 Å². The van der Waals surface area contributed by atoms with Gasteiger partial charge in [0.05, 0.1) is 6.61 Å². The van der Waals surface area contributed by atoms with Crippen molar-refractivity contribution in [3.63, 3.8) is 0 Å². The Balaban J connectivity index is 2.69. The molecular weight excluding hydrogens is 304 g/mol. The molecule has 2 atom stereocenters. The Morgan fingerprint density at radius 3 is 2.76 bits per heavy atom. The van der Waals surface area contributed by atoms with Crippen LogP contribution in [0.1, 0.15) is 17.4 Å². The van der Waals surface area contributed by atoms with Crippen molar-refractivity contribution in [2.75, 3.05) is 12.9 Å². The summed E-state index contributed by atoms with van der Waals surface area (Å²) in [4.78, 5) is 12.0. The Labute approximate surface area is 114 Å². The molecule has 1 amide bonds. The van der Waals surface area contributed by atoms with Gasteiger partial charge < -0.3 is 15.0 Å². The Morgan fingerprint density at radius 1 is 1.71 bits per heavy atom. The lowest BCUT2D eigenvalue weighted by Gasteiger charge is -2.21. The summed E-state index contributed by atoms with van der Waals surface area (Å²) in [6.07, 6.45) is 3.75. The fourth-order valence-corrected chi connectivity index (χ4v) is 2.71. The van der Waals surface area contributed by atoms with Crippen LogP contribution in [0.25, 0.3) is 0 Å². The monoisotopic (exact) mass is 320 g/mol. The molecule has 2 N–H and O–H groups in total. The van der Waals surface area contributed by atoms with Crippen LogP contribution >= 0.6 is 27.7 Å². The number of hydrogen-bond acceptors (Lipinski definition) is 3. The molecule has 1 aromatic heterocycles. The number of hydrogen-bond donors (Lipinski definition) is 2. The van der Waals surface area contributed by atoms with Gasteiger partial charge in [-0.3, -0.25) is 4.79 Å². The third-order valence-electron chi connectivity index (χ3n) is 2.60. The average Bonchev–Trinajstić information content (AvgIpc) is 2.59. The highest BCUT2D eigenvalue weighted by Crippen LogP contribution is 2.15. The molecule has 0 spiro atoms. The molecule has 0 aliphatic carbocycles. The molecule has 96 valence electrons. The molecule has 0 saturated carbocycles. The van der Waals surface area contributed by atoms with Gasteiger partial charge in [-0.1, -0.05) is 0 Å². The molecule has 1 rings (SSSR count). The van der Waals surface area contributed by atoms with E-state index in [1.54, 1.807) is 22.4 Å². The number of carbonyl (C=O) groups is 1.